The molecule has 0 unspecified atom stereocenters. The standard InChI is InChI=1S/C21H27N3O4S/c1-28-19-10-6-5-9-18(19)20(25)23-15-21(16-7-3-2-4-8-16)13-11-17(12-14-21)24-29(22,26)27/h2-10,17,24H,11-15H2,1H3,(H,23,25)(H2,22,26,27). The lowest BCUT2D eigenvalue weighted by molar-refractivity contribution is 0.0932. The van der Waals surface area contributed by atoms with E-state index in [1.165, 1.54) is 7.11 Å². The molecule has 0 aromatic heterocycles. The number of nitrogens with two attached hydrogens (primary N) is 1. The molecule has 1 saturated carbocycles. The molecule has 2 aromatic carbocycles. The Bertz CT molecular complexity index is 939. The second kappa shape index (κ2) is 8.94. The van der Waals surface area contributed by atoms with E-state index >= 15 is 0 Å². The molecule has 1 aliphatic rings. The van der Waals surface area contributed by atoms with Crippen LogP contribution >= 0.6 is 0 Å². The fraction of sp³-hybridized carbons (Fsp3) is 0.381. The van der Waals surface area contributed by atoms with E-state index in [2.05, 4.69) is 22.2 Å². The Labute approximate surface area is 171 Å². The maximum atomic E-state index is 12.8. The first-order valence-electron chi connectivity index (χ1n) is 9.60. The van der Waals surface area contributed by atoms with Gasteiger partial charge < -0.3 is 10.1 Å². The molecule has 1 amide bonds. The summed E-state index contributed by atoms with van der Waals surface area (Å²) in [5.41, 5.74) is 1.35. The summed E-state index contributed by atoms with van der Waals surface area (Å²) in [5.74, 6) is 0.336. The molecular weight excluding hydrogens is 390 g/mol. The number of ether oxygens (including phenoxy) is 1. The van der Waals surface area contributed by atoms with Crippen LogP contribution in [-0.4, -0.2) is 34.0 Å². The molecule has 0 spiro atoms. The number of benzene rings is 2. The largest absolute Gasteiger partial charge is 0.496 e. The maximum absolute atomic E-state index is 12.8. The highest BCUT2D eigenvalue weighted by Crippen LogP contribution is 2.39. The summed E-state index contributed by atoms with van der Waals surface area (Å²) in [7, 11) is -2.19. The molecule has 3 rings (SSSR count). The zero-order chi connectivity index (χ0) is 20.9. The highest BCUT2D eigenvalue weighted by molar-refractivity contribution is 7.87. The fourth-order valence-corrected chi connectivity index (χ4v) is 4.76. The van der Waals surface area contributed by atoms with Crippen LogP contribution in [0.3, 0.4) is 0 Å². The van der Waals surface area contributed by atoms with E-state index in [1.54, 1.807) is 18.2 Å². The number of methoxy groups -OCH3 is 1. The monoisotopic (exact) mass is 417 g/mol. The smallest absolute Gasteiger partial charge is 0.274 e. The molecule has 8 heteroatoms. The topological polar surface area (TPSA) is 111 Å². The maximum Gasteiger partial charge on any atom is 0.274 e. The average molecular weight is 418 g/mol. The third kappa shape index (κ3) is 5.35. The summed E-state index contributed by atoms with van der Waals surface area (Å²) in [5, 5.41) is 8.19. The number of para-hydroxylation sites is 1. The minimum Gasteiger partial charge on any atom is -0.496 e. The normalized spacial score (nSPS) is 22.1. The molecule has 0 radical (unpaired) electrons. The van der Waals surface area contributed by atoms with Crippen LogP contribution in [0.1, 0.15) is 41.6 Å². The van der Waals surface area contributed by atoms with Crippen LogP contribution in [0, 0.1) is 0 Å². The summed E-state index contributed by atoms with van der Waals surface area (Å²) in [6.07, 6.45) is 2.76. The summed E-state index contributed by atoms with van der Waals surface area (Å²) in [4.78, 5) is 12.8. The quantitative estimate of drug-likeness (QED) is 0.641. The lowest BCUT2D eigenvalue weighted by Gasteiger charge is -2.41. The van der Waals surface area contributed by atoms with Crippen molar-refractivity contribution in [2.75, 3.05) is 13.7 Å². The Kier molecular flexibility index (Phi) is 6.56. The van der Waals surface area contributed by atoms with Crippen molar-refractivity contribution in [2.45, 2.75) is 37.1 Å². The van der Waals surface area contributed by atoms with Crippen molar-refractivity contribution in [1.29, 1.82) is 0 Å². The van der Waals surface area contributed by atoms with Crippen molar-refractivity contribution in [3.63, 3.8) is 0 Å². The molecule has 0 heterocycles. The SMILES string of the molecule is COc1ccccc1C(=O)NCC1(c2ccccc2)CCC(NS(N)(=O)=O)CC1. The van der Waals surface area contributed by atoms with Crippen molar-refractivity contribution >= 4 is 16.1 Å². The van der Waals surface area contributed by atoms with Crippen LogP contribution in [0.2, 0.25) is 0 Å². The van der Waals surface area contributed by atoms with E-state index < -0.39 is 10.2 Å². The predicted molar refractivity (Wildman–Crippen MR) is 112 cm³/mol. The van der Waals surface area contributed by atoms with Gasteiger partial charge in [0.2, 0.25) is 0 Å². The van der Waals surface area contributed by atoms with E-state index in [0.29, 0.717) is 30.7 Å². The predicted octanol–water partition coefficient (Wildman–Crippen LogP) is 2.10. The highest BCUT2D eigenvalue weighted by atomic mass is 32.2. The van der Waals surface area contributed by atoms with Crippen LogP contribution in [-0.2, 0) is 15.6 Å². The van der Waals surface area contributed by atoms with Crippen LogP contribution < -0.4 is 19.9 Å². The number of rotatable bonds is 7. The lowest BCUT2D eigenvalue weighted by Crippen LogP contribution is -2.48. The molecule has 156 valence electrons. The number of nitrogens with one attached hydrogen (secondary N) is 2. The number of hydrogen-bond donors (Lipinski definition) is 3. The van der Waals surface area contributed by atoms with Crippen LogP contribution in [0.25, 0.3) is 0 Å². The van der Waals surface area contributed by atoms with Crippen LogP contribution in [0.5, 0.6) is 5.75 Å². The first-order valence-corrected chi connectivity index (χ1v) is 11.1. The van der Waals surface area contributed by atoms with Gasteiger partial charge in [-0.05, 0) is 43.4 Å². The summed E-state index contributed by atoms with van der Waals surface area (Å²) >= 11 is 0. The molecule has 7 nitrogen and oxygen atoms in total. The van der Waals surface area contributed by atoms with E-state index in [9.17, 15) is 13.2 Å². The van der Waals surface area contributed by atoms with Gasteiger partial charge in [0.05, 0.1) is 12.7 Å². The molecule has 0 aliphatic heterocycles. The van der Waals surface area contributed by atoms with E-state index in [1.807, 2.05) is 24.3 Å². The summed E-state index contributed by atoms with van der Waals surface area (Å²) in [6, 6.07) is 17.0. The Balaban J connectivity index is 1.76. The van der Waals surface area contributed by atoms with E-state index in [-0.39, 0.29) is 17.4 Å². The minimum atomic E-state index is -3.73. The van der Waals surface area contributed by atoms with Gasteiger partial charge in [0, 0.05) is 18.0 Å². The van der Waals surface area contributed by atoms with E-state index in [0.717, 1.165) is 18.4 Å². The molecule has 29 heavy (non-hydrogen) atoms. The second-order valence-corrected chi connectivity index (χ2v) is 8.79. The fourth-order valence-electron chi connectivity index (χ4n) is 4.06. The molecule has 0 saturated heterocycles. The number of amides is 1. The molecule has 1 fully saturated rings. The Morgan fingerprint density at radius 1 is 1.10 bits per heavy atom. The van der Waals surface area contributed by atoms with Crippen molar-refractivity contribution in [3.05, 3.63) is 65.7 Å². The Hall–Kier alpha value is -2.42. The van der Waals surface area contributed by atoms with Crippen LogP contribution in [0.4, 0.5) is 0 Å². The molecule has 1 aliphatic carbocycles. The van der Waals surface area contributed by atoms with Crippen molar-refractivity contribution in [2.24, 2.45) is 5.14 Å². The van der Waals surface area contributed by atoms with Crippen molar-refractivity contribution < 1.29 is 17.9 Å². The number of carbonyl (C=O) groups excluding carboxylic acids is 1. The van der Waals surface area contributed by atoms with Gasteiger partial charge in [-0.1, -0.05) is 42.5 Å². The van der Waals surface area contributed by atoms with Gasteiger partial charge >= 0.3 is 0 Å². The van der Waals surface area contributed by atoms with E-state index in [4.69, 9.17) is 9.88 Å². The third-order valence-electron chi connectivity index (χ3n) is 5.60. The average Bonchev–Trinajstić information content (AvgIpc) is 2.73. The molecule has 0 atom stereocenters. The van der Waals surface area contributed by atoms with Gasteiger partial charge in [-0.15, -0.1) is 0 Å². The van der Waals surface area contributed by atoms with Gasteiger partial charge in [0.1, 0.15) is 5.75 Å². The van der Waals surface area contributed by atoms with Gasteiger partial charge in [-0.2, -0.15) is 13.1 Å². The third-order valence-corrected chi connectivity index (χ3v) is 6.26. The zero-order valence-electron chi connectivity index (χ0n) is 16.4. The number of carbonyl (C=O) groups is 1. The van der Waals surface area contributed by atoms with Gasteiger partial charge in [-0.25, -0.2) is 5.14 Å². The lowest BCUT2D eigenvalue weighted by atomic mass is 9.68. The molecule has 4 N–H and O–H groups in total. The zero-order valence-corrected chi connectivity index (χ0v) is 17.2. The second-order valence-electron chi connectivity index (χ2n) is 7.47. The van der Waals surface area contributed by atoms with Crippen molar-refractivity contribution in [1.82, 2.24) is 10.0 Å². The first-order chi connectivity index (χ1) is 13.8. The molecular formula is C21H27N3O4S. The van der Waals surface area contributed by atoms with Gasteiger partial charge in [0.15, 0.2) is 0 Å². The highest BCUT2D eigenvalue weighted by Gasteiger charge is 2.38. The Morgan fingerprint density at radius 3 is 2.34 bits per heavy atom. The van der Waals surface area contributed by atoms with Gasteiger partial charge in [0.25, 0.3) is 16.1 Å². The van der Waals surface area contributed by atoms with Gasteiger partial charge in [-0.3, -0.25) is 4.79 Å². The molecule has 2 aromatic rings. The van der Waals surface area contributed by atoms with Crippen LogP contribution in [0.15, 0.2) is 54.6 Å². The minimum absolute atomic E-state index is 0.188. The number of hydrogen-bond acceptors (Lipinski definition) is 4. The first kappa shape index (κ1) is 21.3. The Morgan fingerprint density at radius 2 is 1.72 bits per heavy atom. The summed E-state index contributed by atoms with van der Waals surface area (Å²) in [6.45, 7) is 0.454. The molecule has 0 bridgehead atoms. The van der Waals surface area contributed by atoms with Crippen molar-refractivity contribution in [3.8, 4) is 5.75 Å². The summed E-state index contributed by atoms with van der Waals surface area (Å²) < 4.78 is 30.5.